The third-order valence-electron chi connectivity index (χ3n) is 11.0. The van der Waals surface area contributed by atoms with E-state index >= 15 is 0 Å². The van der Waals surface area contributed by atoms with Crippen molar-refractivity contribution in [3.05, 3.63) is 199 Å². The zero-order valence-electron chi connectivity index (χ0n) is 29.7. The first-order valence-electron chi connectivity index (χ1n) is 18.7. The van der Waals surface area contributed by atoms with Gasteiger partial charge in [-0.05, 0) is 132 Å². The van der Waals surface area contributed by atoms with E-state index in [4.69, 9.17) is 0 Å². The van der Waals surface area contributed by atoms with Crippen LogP contribution in [0.3, 0.4) is 0 Å². The lowest BCUT2D eigenvalue weighted by molar-refractivity contribution is 0.957. The highest BCUT2D eigenvalue weighted by Crippen LogP contribution is 2.50. The van der Waals surface area contributed by atoms with Crippen LogP contribution in [0.5, 0.6) is 0 Å². The van der Waals surface area contributed by atoms with Crippen molar-refractivity contribution in [3.63, 3.8) is 0 Å². The zero-order valence-corrected chi connectivity index (χ0v) is 29.7. The first-order chi connectivity index (χ1) is 26.2. The number of para-hydroxylation sites is 4. The Hall–Kier alpha value is -6.58. The first-order valence-corrected chi connectivity index (χ1v) is 18.7. The quantitative estimate of drug-likeness (QED) is 0.166. The van der Waals surface area contributed by atoms with Crippen LogP contribution in [0.15, 0.2) is 188 Å². The van der Waals surface area contributed by atoms with E-state index < -0.39 is 0 Å². The molecule has 1 heterocycles. The van der Waals surface area contributed by atoms with Crippen molar-refractivity contribution in [1.29, 1.82) is 0 Å². The Morgan fingerprint density at radius 2 is 0.981 bits per heavy atom. The van der Waals surface area contributed by atoms with Crippen LogP contribution in [0.4, 0.5) is 34.1 Å². The van der Waals surface area contributed by atoms with E-state index in [-0.39, 0.29) is 5.92 Å². The Balaban J connectivity index is 1.16. The molecule has 1 unspecified atom stereocenters. The molecule has 0 spiro atoms. The molecule has 8 aromatic rings. The number of hydrogen-bond acceptors (Lipinski definition) is 2. The molecule has 254 valence electrons. The highest BCUT2D eigenvalue weighted by atomic mass is 15.1. The molecule has 2 aliphatic rings. The second-order valence-corrected chi connectivity index (χ2v) is 14.1. The van der Waals surface area contributed by atoms with E-state index in [1.54, 1.807) is 0 Å². The van der Waals surface area contributed by atoms with Crippen LogP contribution in [0.1, 0.15) is 36.8 Å². The summed E-state index contributed by atoms with van der Waals surface area (Å²) in [6, 6.07) is 61.8. The Morgan fingerprint density at radius 3 is 1.53 bits per heavy atom. The van der Waals surface area contributed by atoms with Crippen molar-refractivity contribution in [2.24, 2.45) is 0 Å². The van der Waals surface area contributed by atoms with Gasteiger partial charge < -0.3 is 14.4 Å². The smallest absolute Gasteiger partial charge is 0.0544 e. The predicted molar refractivity (Wildman–Crippen MR) is 224 cm³/mol. The predicted octanol–water partition coefficient (Wildman–Crippen LogP) is 14.1. The summed E-state index contributed by atoms with van der Waals surface area (Å²) in [5, 5.41) is 2.57. The number of hydrogen-bond donors (Lipinski definition) is 0. The first kappa shape index (κ1) is 31.2. The van der Waals surface area contributed by atoms with Crippen LogP contribution >= 0.6 is 0 Å². The van der Waals surface area contributed by atoms with E-state index in [9.17, 15) is 0 Å². The average Bonchev–Trinajstić information content (AvgIpc) is 3.69. The lowest BCUT2D eigenvalue weighted by Crippen LogP contribution is -2.10. The maximum Gasteiger partial charge on any atom is 0.0544 e. The fraction of sp³-hybridized carbons (Fsp3) is 0.0800. The fourth-order valence-electron chi connectivity index (χ4n) is 8.55. The van der Waals surface area contributed by atoms with Gasteiger partial charge in [-0.2, -0.15) is 0 Å². The molecular formula is C50H39N3. The molecule has 3 nitrogen and oxygen atoms in total. The summed E-state index contributed by atoms with van der Waals surface area (Å²) in [6.45, 7) is 2.38. The summed E-state index contributed by atoms with van der Waals surface area (Å²) < 4.78 is 2.52. The molecule has 0 amide bonds. The number of rotatable bonds is 7. The van der Waals surface area contributed by atoms with Gasteiger partial charge in [-0.15, -0.1) is 0 Å². The Bertz CT molecular complexity index is 2590. The second-order valence-electron chi connectivity index (χ2n) is 14.1. The molecule has 0 aliphatic heterocycles. The molecule has 3 heteroatoms. The zero-order chi connectivity index (χ0) is 35.3. The van der Waals surface area contributed by atoms with E-state index in [1.165, 1.54) is 55.4 Å². The van der Waals surface area contributed by atoms with Gasteiger partial charge >= 0.3 is 0 Å². The topological polar surface area (TPSA) is 11.4 Å². The molecular weight excluding hydrogens is 643 g/mol. The minimum Gasteiger partial charge on any atom is -0.313 e. The van der Waals surface area contributed by atoms with Crippen molar-refractivity contribution >= 4 is 61.6 Å². The van der Waals surface area contributed by atoms with Gasteiger partial charge in [-0.1, -0.05) is 97.9 Å². The molecule has 0 radical (unpaired) electrons. The van der Waals surface area contributed by atoms with Gasteiger partial charge in [0.05, 0.1) is 11.0 Å². The fourth-order valence-corrected chi connectivity index (χ4v) is 8.55. The van der Waals surface area contributed by atoms with E-state index in [1.807, 2.05) is 0 Å². The van der Waals surface area contributed by atoms with Crippen LogP contribution in [-0.2, 0) is 0 Å². The van der Waals surface area contributed by atoms with Gasteiger partial charge in [-0.3, -0.25) is 0 Å². The molecule has 0 fully saturated rings. The van der Waals surface area contributed by atoms with E-state index in [0.717, 1.165) is 41.3 Å². The third-order valence-corrected chi connectivity index (χ3v) is 11.0. The largest absolute Gasteiger partial charge is 0.313 e. The molecule has 0 saturated heterocycles. The maximum absolute atomic E-state index is 2.52. The van der Waals surface area contributed by atoms with Crippen molar-refractivity contribution < 1.29 is 0 Å². The summed E-state index contributed by atoms with van der Waals surface area (Å²) in [6.07, 6.45) is 8.85. The van der Waals surface area contributed by atoms with Gasteiger partial charge in [0, 0.05) is 56.5 Å². The van der Waals surface area contributed by atoms with Crippen molar-refractivity contribution in [3.8, 4) is 11.1 Å². The normalized spacial score (nSPS) is 14.6. The number of benzene rings is 7. The van der Waals surface area contributed by atoms with Gasteiger partial charge in [0.1, 0.15) is 0 Å². The molecule has 53 heavy (non-hydrogen) atoms. The monoisotopic (exact) mass is 681 g/mol. The molecule has 0 N–H and O–H groups in total. The van der Waals surface area contributed by atoms with Crippen LogP contribution in [0.25, 0.3) is 38.6 Å². The number of fused-ring (bicyclic) bond motifs is 6. The molecule has 7 aromatic carbocycles. The Labute approximate surface area is 311 Å². The summed E-state index contributed by atoms with van der Waals surface area (Å²) in [5.41, 5.74) is 16.2. The Morgan fingerprint density at radius 1 is 0.472 bits per heavy atom. The number of nitrogens with zero attached hydrogens (tertiary/aromatic N) is 3. The average molecular weight is 682 g/mol. The van der Waals surface area contributed by atoms with Gasteiger partial charge in [0.15, 0.2) is 0 Å². The third kappa shape index (κ3) is 5.27. The number of anilines is 6. The summed E-state index contributed by atoms with van der Waals surface area (Å²) in [4.78, 5) is 4.73. The van der Waals surface area contributed by atoms with Crippen molar-refractivity contribution in [1.82, 2.24) is 4.57 Å². The van der Waals surface area contributed by atoms with E-state index in [2.05, 4.69) is 209 Å². The van der Waals surface area contributed by atoms with Crippen LogP contribution in [0.2, 0.25) is 0 Å². The molecule has 1 aromatic heterocycles. The molecule has 1 atom stereocenters. The lowest BCUT2D eigenvalue weighted by Gasteiger charge is -2.26. The summed E-state index contributed by atoms with van der Waals surface area (Å²) in [7, 11) is 0. The number of allylic oxidation sites excluding steroid dienone is 4. The van der Waals surface area contributed by atoms with Crippen molar-refractivity contribution in [2.75, 3.05) is 9.80 Å². The lowest BCUT2D eigenvalue weighted by atomic mass is 9.97. The summed E-state index contributed by atoms with van der Waals surface area (Å²) >= 11 is 0. The highest BCUT2D eigenvalue weighted by molar-refractivity contribution is 6.13. The molecule has 2 aliphatic carbocycles. The molecule has 0 saturated carbocycles. The highest BCUT2D eigenvalue weighted by Gasteiger charge is 2.29. The Kier molecular flexibility index (Phi) is 7.58. The SMILES string of the molecule is CC1c2cc(N(c3ccccc3)c3ccccc3)ccc2-c2cc3c(cc21)c1cc(N(c2ccccc2)c2ccccc2)ccc1n3C1=CC=CCC1. The van der Waals surface area contributed by atoms with Crippen LogP contribution < -0.4 is 9.80 Å². The van der Waals surface area contributed by atoms with Crippen LogP contribution in [-0.4, -0.2) is 4.57 Å². The minimum atomic E-state index is 0.251. The molecule has 10 rings (SSSR count). The van der Waals surface area contributed by atoms with Crippen molar-refractivity contribution in [2.45, 2.75) is 25.7 Å². The second kappa shape index (κ2) is 12.9. The van der Waals surface area contributed by atoms with Gasteiger partial charge in [0.25, 0.3) is 0 Å². The van der Waals surface area contributed by atoms with Gasteiger partial charge in [-0.25, -0.2) is 0 Å². The van der Waals surface area contributed by atoms with Gasteiger partial charge in [0.2, 0.25) is 0 Å². The van der Waals surface area contributed by atoms with Crippen LogP contribution in [0, 0.1) is 0 Å². The van der Waals surface area contributed by atoms with E-state index in [0.29, 0.717) is 0 Å². The molecule has 0 bridgehead atoms. The minimum absolute atomic E-state index is 0.251. The summed E-state index contributed by atoms with van der Waals surface area (Å²) in [5.74, 6) is 0.251. The standard InChI is InChI=1S/C50H39N3/c1-35-44-31-41(51(36-17-7-2-8-18-36)37-19-9-3-10-20-37)27-29-43(44)46-34-50-48(33-45(35)46)47-32-42(28-30-49(47)53(50)40-25-15-6-16-26-40)52(38-21-11-4-12-22-38)39-23-13-5-14-24-39/h2-15,17-25,27-35H,16,26H2,1H3. The maximum atomic E-state index is 2.52. The number of aromatic nitrogens is 1.